The van der Waals surface area contributed by atoms with E-state index in [-0.39, 0.29) is 0 Å². The third-order valence-corrected chi connectivity index (χ3v) is 4.12. The van der Waals surface area contributed by atoms with Gasteiger partial charge in [0.15, 0.2) is 0 Å². The van der Waals surface area contributed by atoms with E-state index in [1.165, 1.54) is 32.1 Å². The number of nitrogens with zero attached hydrogens (tertiary/aromatic N) is 3. The van der Waals surface area contributed by atoms with E-state index in [1.54, 1.807) is 0 Å². The van der Waals surface area contributed by atoms with Crippen LogP contribution in [0.25, 0.3) is 0 Å². The number of nitrogens with one attached hydrogen (secondary N) is 1. The van der Waals surface area contributed by atoms with Crippen molar-refractivity contribution in [2.24, 2.45) is 0 Å². The molecule has 4 heteroatoms. The molecule has 0 aromatic carbocycles. The fourth-order valence-electron chi connectivity index (χ4n) is 2.82. The maximum Gasteiger partial charge on any atom is 0.134 e. The minimum absolute atomic E-state index is 0.641. The standard InChI is InChI=1S/C16H28N4/c1-4-11-17-15-12-16(19-14(5-2)18-15)20(3)13-9-7-6-8-10-13/h12-13H,4-11H2,1-3H3,(H,17,18,19). The Morgan fingerprint density at radius 1 is 1.20 bits per heavy atom. The van der Waals surface area contributed by atoms with Gasteiger partial charge >= 0.3 is 0 Å². The molecule has 0 bridgehead atoms. The normalized spacial score (nSPS) is 16.1. The van der Waals surface area contributed by atoms with Crippen LogP contribution >= 0.6 is 0 Å². The van der Waals surface area contributed by atoms with Crippen molar-refractivity contribution in [3.05, 3.63) is 11.9 Å². The minimum atomic E-state index is 0.641. The van der Waals surface area contributed by atoms with Gasteiger partial charge in [-0.3, -0.25) is 0 Å². The van der Waals surface area contributed by atoms with Crippen LogP contribution in [0.3, 0.4) is 0 Å². The summed E-state index contributed by atoms with van der Waals surface area (Å²) in [6, 6.07) is 2.74. The molecular formula is C16H28N4. The van der Waals surface area contributed by atoms with E-state index in [9.17, 15) is 0 Å². The van der Waals surface area contributed by atoms with Gasteiger partial charge in [0.05, 0.1) is 0 Å². The Labute approximate surface area is 123 Å². The van der Waals surface area contributed by atoms with E-state index in [0.29, 0.717) is 6.04 Å². The Hall–Kier alpha value is -1.32. The van der Waals surface area contributed by atoms with Crippen LogP contribution in [0, 0.1) is 0 Å². The van der Waals surface area contributed by atoms with Gasteiger partial charge in [-0.05, 0) is 19.3 Å². The molecule has 1 saturated carbocycles. The predicted octanol–water partition coefficient (Wildman–Crippen LogP) is 3.63. The predicted molar refractivity (Wildman–Crippen MR) is 85.5 cm³/mol. The zero-order chi connectivity index (χ0) is 14.4. The van der Waals surface area contributed by atoms with Gasteiger partial charge < -0.3 is 10.2 Å². The molecule has 0 unspecified atom stereocenters. The Bertz CT molecular complexity index is 413. The first-order valence-electron chi connectivity index (χ1n) is 8.09. The summed E-state index contributed by atoms with van der Waals surface area (Å²) in [5, 5.41) is 3.39. The van der Waals surface area contributed by atoms with Crippen LogP contribution in [0.4, 0.5) is 11.6 Å². The zero-order valence-electron chi connectivity index (χ0n) is 13.2. The number of aryl methyl sites for hydroxylation is 1. The number of anilines is 2. The summed E-state index contributed by atoms with van der Waals surface area (Å²) in [5.41, 5.74) is 0. The first-order valence-corrected chi connectivity index (χ1v) is 8.09. The highest BCUT2D eigenvalue weighted by Gasteiger charge is 2.20. The van der Waals surface area contributed by atoms with Crippen LogP contribution in [0.5, 0.6) is 0 Å². The molecule has 1 N–H and O–H groups in total. The third-order valence-electron chi connectivity index (χ3n) is 4.12. The van der Waals surface area contributed by atoms with Gasteiger partial charge in [-0.1, -0.05) is 33.1 Å². The van der Waals surface area contributed by atoms with Gasteiger partial charge in [0.25, 0.3) is 0 Å². The summed E-state index contributed by atoms with van der Waals surface area (Å²) in [6.07, 6.45) is 8.66. The summed E-state index contributed by atoms with van der Waals surface area (Å²) < 4.78 is 0. The van der Waals surface area contributed by atoms with Gasteiger partial charge in [0, 0.05) is 32.1 Å². The highest BCUT2D eigenvalue weighted by Crippen LogP contribution is 2.26. The number of hydrogen-bond donors (Lipinski definition) is 1. The largest absolute Gasteiger partial charge is 0.370 e. The molecule has 0 spiro atoms. The topological polar surface area (TPSA) is 41.0 Å². The molecule has 0 atom stereocenters. The van der Waals surface area contributed by atoms with Crippen molar-refractivity contribution in [2.75, 3.05) is 23.8 Å². The van der Waals surface area contributed by atoms with E-state index in [0.717, 1.165) is 36.8 Å². The van der Waals surface area contributed by atoms with Crippen LogP contribution in [0.15, 0.2) is 6.07 Å². The van der Waals surface area contributed by atoms with E-state index in [2.05, 4.69) is 42.2 Å². The smallest absolute Gasteiger partial charge is 0.134 e. The van der Waals surface area contributed by atoms with Crippen molar-refractivity contribution < 1.29 is 0 Å². The fraction of sp³-hybridized carbons (Fsp3) is 0.750. The lowest BCUT2D eigenvalue weighted by atomic mass is 9.94. The number of rotatable bonds is 6. The van der Waals surface area contributed by atoms with E-state index in [4.69, 9.17) is 4.98 Å². The average Bonchev–Trinajstić information content (AvgIpc) is 2.52. The van der Waals surface area contributed by atoms with Crippen molar-refractivity contribution >= 4 is 11.6 Å². The van der Waals surface area contributed by atoms with Crippen molar-refractivity contribution in [2.45, 2.75) is 64.8 Å². The van der Waals surface area contributed by atoms with Crippen molar-refractivity contribution in [3.63, 3.8) is 0 Å². The molecule has 2 rings (SSSR count). The lowest BCUT2D eigenvalue weighted by Gasteiger charge is -2.32. The molecule has 0 aliphatic heterocycles. The monoisotopic (exact) mass is 276 g/mol. The lowest BCUT2D eigenvalue weighted by Crippen LogP contribution is -2.34. The summed E-state index contributed by atoms with van der Waals surface area (Å²) in [4.78, 5) is 11.6. The quantitative estimate of drug-likeness (QED) is 0.861. The molecule has 0 amide bonds. The Morgan fingerprint density at radius 2 is 1.95 bits per heavy atom. The summed E-state index contributed by atoms with van der Waals surface area (Å²) in [7, 11) is 2.18. The molecule has 20 heavy (non-hydrogen) atoms. The molecule has 1 aliphatic carbocycles. The van der Waals surface area contributed by atoms with Gasteiger partial charge in [0.1, 0.15) is 17.5 Å². The molecule has 1 aliphatic rings. The summed E-state index contributed by atoms with van der Waals surface area (Å²) in [5.74, 6) is 2.97. The van der Waals surface area contributed by atoms with Crippen molar-refractivity contribution in [1.29, 1.82) is 0 Å². The molecule has 4 nitrogen and oxygen atoms in total. The number of aromatic nitrogens is 2. The maximum atomic E-state index is 4.71. The van der Waals surface area contributed by atoms with E-state index >= 15 is 0 Å². The number of hydrogen-bond acceptors (Lipinski definition) is 4. The summed E-state index contributed by atoms with van der Waals surface area (Å²) in [6.45, 7) is 5.25. The van der Waals surface area contributed by atoms with Gasteiger partial charge in [0.2, 0.25) is 0 Å². The Kier molecular flexibility index (Phi) is 5.62. The highest BCUT2D eigenvalue weighted by atomic mass is 15.2. The van der Waals surface area contributed by atoms with Crippen molar-refractivity contribution in [1.82, 2.24) is 9.97 Å². The molecule has 0 saturated heterocycles. The summed E-state index contributed by atoms with van der Waals surface area (Å²) >= 11 is 0. The Morgan fingerprint density at radius 3 is 2.60 bits per heavy atom. The van der Waals surface area contributed by atoms with Gasteiger partial charge in [-0.2, -0.15) is 0 Å². The molecule has 1 heterocycles. The van der Waals surface area contributed by atoms with Gasteiger partial charge in [-0.25, -0.2) is 9.97 Å². The average molecular weight is 276 g/mol. The van der Waals surface area contributed by atoms with Crippen molar-refractivity contribution in [3.8, 4) is 0 Å². The molecule has 1 aromatic rings. The fourth-order valence-corrected chi connectivity index (χ4v) is 2.82. The first-order chi connectivity index (χ1) is 9.74. The van der Waals surface area contributed by atoms with Crippen LogP contribution in [-0.2, 0) is 6.42 Å². The second-order valence-electron chi connectivity index (χ2n) is 5.71. The third kappa shape index (κ3) is 3.84. The lowest BCUT2D eigenvalue weighted by molar-refractivity contribution is 0.425. The Balaban J connectivity index is 2.15. The van der Waals surface area contributed by atoms with Crippen LogP contribution in [0.1, 0.15) is 58.2 Å². The first kappa shape index (κ1) is 15.1. The van der Waals surface area contributed by atoms with E-state index in [1.807, 2.05) is 0 Å². The SMILES string of the molecule is CCCNc1cc(N(C)C2CCCCC2)nc(CC)n1. The van der Waals surface area contributed by atoms with E-state index < -0.39 is 0 Å². The zero-order valence-corrected chi connectivity index (χ0v) is 13.2. The molecule has 112 valence electrons. The van der Waals surface area contributed by atoms with Crippen LogP contribution < -0.4 is 10.2 Å². The maximum absolute atomic E-state index is 4.71. The molecular weight excluding hydrogens is 248 g/mol. The molecule has 0 radical (unpaired) electrons. The van der Waals surface area contributed by atoms with Crippen LogP contribution in [0.2, 0.25) is 0 Å². The minimum Gasteiger partial charge on any atom is -0.370 e. The highest BCUT2D eigenvalue weighted by molar-refractivity contribution is 5.49. The second-order valence-corrected chi connectivity index (χ2v) is 5.71. The molecule has 1 fully saturated rings. The molecule has 1 aromatic heterocycles. The second kappa shape index (κ2) is 7.46. The van der Waals surface area contributed by atoms with Gasteiger partial charge in [-0.15, -0.1) is 0 Å². The van der Waals surface area contributed by atoms with Crippen LogP contribution in [-0.4, -0.2) is 29.6 Å².